The third-order valence-electron chi connectivity index (χ3n) is 1.59. The minimum absolute atomic E-state index is 0.350. The van der Waals surface area contributed by atoms with Gasteiger partial charge >= 0.3 is 0 Å². The van der Waals surface area contributed by atoms with E-state index in [4.69, 9.17) is 9.15 Å². The predicted molar refractivity (Wildman–Crippen MR) is 51.8 cm³/mol. The van der Waals surface area contributed by atoms with Crippen molar-refractivity contribution in [1.82, 2.24) is 15.2 Å². The minimum atomic E-state index is 0.350. The number of hydrogen-bond acceptors (Lipinski definition) is 5. The summed E-state index contributed by atoms with van der Waals surface area (Å²) in [5, 5.41) is 7.47. The van der Waals surface area contributed by atoms with Crippen molar-refractivity contribution in [3.63, 3.8) is 0 Å². The summed E-state index contributed by atoms with van der Waals surface area (Å²) in [4.78, 5) is 4.37. The molecule has 0 radical (unpaired) electrons. The topological polar surface area (TPSA) is 61.0 Å². The average Bonchev–Trinajstić information content (AvgIpc) is 2.65. The molecule has 0 N–H and O–H groups in total. The van der Waals surface area contributed by atoms with Crippen molar-refractivity contribution < 1.29 is 9.15 Å². The number of aromatic nitrogens is 3. The molecule has 2 rings (SSSR count). The van der Waals surface area contributed by atoms with Gasteiger partial charge in [0.05, 0.1) is 12.7 Å². The second-order valence-electron chi connectivity index (χ2n) is 2.45. The van der Waals surface area contributed by atoms with Crippen molar-refractivity contribution in [3.05, 3.63) is 23.1 Å². The maximum atomic E-state index is 5.16. The third kappa shape index (κ3) is 1.74. The highest BCUT2D eigenvalue weighted by Crippen LogP contribution is 2.20. The van der Waals surface area contributed by atoms with E-state index in [9.17, 15) is 0 Å². The van der Waals surface area contributed by atoms with Crippen molar-refractivity contribution in [1.29, 1.82) is 0 Å². The molecule has 2 heterocycles. The Morgan fingerprint density at radius 1 is 1.36 bits per heavy atom. The second kappa shape index (κ2) is 3.75. The van der Waals surface area contributed by atoms with Crippen LogP contribution in [0, 0.1) is 0 Å². The molecule has 0 spiro atoms. The number of rotatable bonds is 2. The summed E-state index contributed by atoms with van der Waals surface area (Å²) in [5.74, 6) is 0.972. The number of hydrogen-bond donors (Lipinski definition) is 0. The van der Waals surface area contributed by atoms with E-state index >= 15 is 0 Å². The van der Waals surface area contributed by atoms with Crippen LogP contribution in [0.25, 0.3) is 11.5 Å². The van der Waals surface area contributed by atoms with Gasteiger partial charge in [-0.15, -0.1) is 10.2 Å². The molecule has 5 nitrogen and oxygen atoms in total. The number of nitrogens with zero attached hydrogens (tertiary/aromatic N) is 3. The molecule has 0 atom stereocenters. The minimum Gasteiger partial charge on any atom is -0.481 e. The maximum absolute atomic E-state index is 5.16. The average molecular weight is 256 g/mol. The Morgan fingerprint density at radius 3 is 2.71 bits per heavy atom. The van der Waals surface area contributed by atoms with Crippen LogP contribution in [-0.4, -0.2) is 22.3 Å². The molecule has 2 aromatic heterocycles. The Hall–Kier alpha value is -1.43. The Bertz CT molecular complexity index is 426. The Morgan fingerprint density at radius 2 is 2.21 bits per heavy atom. The van der Waals surface area contributed by atoms with Crippen LogP contribution >= 0.6 is 15.9 Å². The summed E-state index contributed by atoms with van der Waals surface area (Å²) in [6, 6.07) is 3.53. The van der Waals surface area contributed by atoms with Gasteiger partial charge in [0.2, 0.25) is 11.8 Å². The molecule has 0 amide bonds. The zero-order valence-corrected chi connectivity index (χ0v) is 8.85. The molecule has 0 fully saturated rings. The van der Waals surface area contributed by atoms with E-state index in [2.05, 4.69) is 31.1 Å². The zero-order valence-electron chi connectivity index (χ0n) is 7.27. The van der Waals surface area contributed by atoms with Gasteiger partial charge in [0.15, 0.2) is 0 Å². The number of ether oxygens (including phenoxy) is 1. The Balaban J connectivity index is 2.33. The lowest BCUT2D eigenvalue weighted by atomic mass is 10.3. The number of methoxy groups -OCH3 is 1. The first-order valence-corrected chi connectivity index (χ1v) is 4.58. The van der Waals surface area contributed by atoms with Gasteiger partial charge in [0.1, 0.15) is 0 Å². The van der Waals surface area contributed by atoms with Gasteiger partial charge in [-0.1, -0.05) is 0 Å². The molecule has 2 aromatic rings. The van der Waals surface area contributed by atoms with Gasteiger partial charge in [-0.3, -0.25) is 0 Å². The van der Waals surface area contributed by atoms with Crippen LogP contribution in [0.2, 0.25) is 0 Å². The lowest BCUT2D eigenvalue weighted by Crippen LogP contribution is -1.87. The summed E-state index contributed by atoms with van der Waals surface area (Å²) in [5.41, 5.74) is 0.754. The van der Waals surface area contributed by atoms with E-state index < -0.39 is 0 Å². The first-order chi connectivity index (χ1) is 6.79. The molecule has 6 heteroatoms. The molecule has 72 valence electrons. The summed E-state index contributed by atoms with van der Waals surface area (Å²) in [6.45, 7) is 0. The van der Waals surface area contributed by atoms with Crippen molar-refractivity contribution >= 4 is 15.9 Å². The van der Waals surface area contributed by atoms with Crippen molar-refractivity contribution in [2.75, 3.05) is 7.11 Å². The second-order valence-corrected chi connectivity index (χ2v) is 3.13. The Kier molecular flexibility index (Phi) is 2.45. The van der Waals surface area contributed by atoms with E-state index in [0.717, 1.165) is 5.56 Å². The lowest BCUT2D eigenvalue weighted by Gasteiger charge is -1.97. The molecule has 0 unspecified atom stereocenters. The summed E-state index contributed by atoms with van der Waals surface area (Å²) < 4.78 is 10.1. The normalized spacial score (nSPS) is 10.1. The van der Waals surface area contributed by atoms with Gasteiger partial charge in [-0.25, -0.2) is 4.98 Å². The molecule has 0 saturated carbocycles. The summed E-state index contributed by atoms with van der Waals surface area (Å²) >= 11 is 3.07. The largest absolute Gasteiger partial charge is 0.481 e. The quantitative estimate of drug-likeness (QED) is 0.821. The smallest absolute Gasteiger partial charge is 0.285 e. The van der Waals surface area contributed by atoms with E-state index in [1.807, 2.05) is 0 Å². The van der Waals surface area contributed by atoms with Crippen molar-refractivity contribution in [2.45, 2.75) is 0 Å². The first-order valence-electron chi connectivity index (χ1n) is 3.79. The van der Waals surface area contributed by atoms with Crippen LogP contribution < -0.4 is 4.74 Å². The van der Waals surface area contributed by atoms with Gasteiger partial charge in [-0.2, -0.15) is 0 Å². The van der Waals surface area contributed by atoms with Gasteiger partial charge in [0, 0.05) is 28.2 Å². The maximum Gasteiger partial charge on any atom is 0.285 e. The summed E-state index contributed by atoms with van der Waals surface area (Å²) in [6.07, 6.45) is 1.61. The van der Waals surface area contributed by atoms with Crippen LogP contribution in [0.1, 0.15) is 0 Å². The molecule has 0 aromatic carbocycles. The highest BCUT2D eigenvalue weighted by molar-refractivity contribution is 9.10. The van der Waals surface area contributed by atoms with Crippen molar-refractivity contribution in [3.8, 4) is 17.3 Å². The number of halogens is 1. The molecule has 0 aliphatic rings. The molecule has 0 bridgehead atoms. The standard InChI is InChI=1S/C8H6BrN3O2/c1-13-6-3-2-5(4-10-6)7-11-12-8(9)14-7/h2-4H,1H3. The monoisotopic (exact) mass is 255 g/mol. The molecule has 14 heavy (non-hydrogen) atoms. The highest BCUT2D eigenvalue weighted by atomic mass is 79.9. The van der Waals surface area contributed by atoms with E-state index in [0.29, 0.717) is 16.6 Å². The van der Waals surface area contributed by atoms with Crippen LogP contribution in [0.4, 0.5) is 0 Å². The number of pyridine rings is 1. The van der Waals surface area contributed by atoms with Gasteiger partial charge < -0.3 is 9.15 Å². The van der Waals surface area contributed by atoms with E-state index in [1.54, 1.807) is 25.4 Å². The fourth-order valence-electron chi connectivity index (χ4n) is 0.950. The Labute approximate surface area is 88.3 Å². The predicted octanol–water partition coefficient (Wildman–Crippen LogP) is 1.90. The molecule has 0 aliphatic heterocycles. The van der Waals surface area contributed by atoms with Crippen LogP contribution in [-0.2, 0) is 0 Å². The van der Waals surface area contributed by atoms with Gasteiger partial charge in [0.25, 0.3) is 4.80 Å². The fourth-order valence-corrected chi connectivity index (χ4v) is 1.18. The van der Waals surface area contributed by atoms with Crippen LogP contribution in [0.3, 0.4) is 0 Å². The van der Waals surface area contributed by atoms with Crippen LogP contribution in [0.15, 0.2) is 27.5 Å². The SMILES string of the molecule is COc1ccc(-c2nnc(Br)o2)cn1. The van der Waals surface area contributed by atoms with E-state index in [1.165, 1.54) is 0 Å². The summed E-state index contributed by atoms with van der Waals surface area (Å²) in [7, 11) is 1.56. The zero-order chi connectivity index (χ0) is 9.97. The van der Waals surface area contributed by atoms with E-state index in [-0.39, 0.29) is 0 Å². The third-order valence-corrected chi connectivity index (χ3v) is 1.91. The first kappa shape index (κ1) is 9.14. The van der Waals surface area contributed by atoms with Crippen LogP contribution in [0.5, 0.6) is 5.88 Å². The molecule has 0 saturated heterocycles. The molecular formula is C8H6BrN3O2. The van der Waals surface area contributed by atoms with Crippen molar-refractivity contribution in [2.24, 2.45) is 0 Å². The molecular weight excluding hydrogens is 250 g/mol. The van der Waals surface area contributed by atoms with Gasteiger partial charge in [-0.05, 0) is 6.07 Å². The highest BCUT2D eigenvalue weighted by Gasteiger charge is 2.06. The fraction of sp³-hybridized carbons (Fsp3) is 0.125. The molecule has 0 aliphatic carbocycles. The lowest BCUT2D eigenvalue weighted by molar-refractivity contribution is 0.398.